The lowest BCUT2D eigenvalue weighted by atomic mass is 10.00. The molecule has 1 heterocycles. The van der Waals surface area contributed by atoms with Gasteiger partial charge < -0.3 is 20.5 Å². The van der Waals surface area contributed by atoms with Crippen LogP contribution in [-0.2, 0) is 4.74 Å². The first-order chi connectivity index (χ1) is 8.10. The molecule has 102 valence electrons. The van der Waals surface area contributed by atoms with Crippen LogP contribution < -0.4 is 5.73 Å². The SMILES string of the molecule is COCC(N)C(CO)N(C)C1CCN(C)CC1. The van der Waals surface area contributed by atoms with Gasteiger partial charge in [0.15, 0.2) is 0 Å². The molecule has 0 saturated carbocycles. The Labute approximate surface area is 105 Å². The predicted octanol–water partition coefficient (Wildman–Crippen LogP) is -0.653. The average molecular weight is 245 g/mol. The number of hydrogen-bond acceptors (Lipinski definition) is 5. The fraction of sp³-hybridized carbons (Fsp3) is 1.00. The predicted molar refractivity (Wildman–Crippen MR) is 69.0 cm³/mol. The number of nitrogens with zero attached hydrogens (tertiary/aromatic N) is 2. The van der Waals surface area contributed by atoms with E-state index in [1.54, 1.807) is 7.11 Å². The largest absolute Gasteiger partial charge is 0.395 e. The summed E-state index contributed by atoms with van der Waals surface area (Å²) < 4.78 is 5.07. The van der Waals surface area contributed by atoms with Crippen LogP contribution >= 0.6 is 0 Å². The second kappa shape index (κ2) is 7.28. The van der Waals surface area contributed by atoms with Gasteiger partial charge in [-0.15, -0.1) is 0 Å². The third-order valence-corrected chi connectivity index (χ3v) is 3.83. The minimum Gasteiger partial charge on any atom is -0.395 e. The van der Waals surface area contributed by atoms with E-state index >= 15 is 0 Å². The number of piperidine rings is 1. The number of nitrogens with two attached hydrogens (primary N) is 1. The third kappa shape index (κ3) is 4.19. The van der Waals surface area contributed by atoms with Crippen LogP contribution in [0.5, 0.6) is 0 Å². The number of rotatable bonds is 6. The summed E-state index contributed by atoms with van der Waals surface area (Å²) in [4.78, 5) is 4.57. The van der Waals surface area contributed by atoms with Crippen LogP contribution in [0.4, 0.5) is 0 Å². The van der Waals surface area contributed by atoms with Gasteiger partial charge in [0.25, 0.3) is 0 Å². The molecule has 2 atom stereocenters. The molecule has 5 nitrogen and oxygen atoms in total. The number of likely N-dealkylation sites (N-methyl/N-ethyl adjacent to an activating group) is 1. The molecule has 1 aliphatic rings. The molecule has 0 aromatic carbocycles. The summed E-state index contributed by atoms with van der Waals surface area (Å²) >= 11 is 0. The summed E-state index contributed by atoms with van der Waals surface area (Å²) in [6, 6.07) is 0.379. The van der Waals surface area contributed by atoms with Gasteiger partial charge in [-0.05, 0) is 40.0 Å². The van der Waals surface area contributed by atoms with Crippen LogP contribution in [0.3, 0.4) is 0 Å². The van der Waals surface area contributed by atoms with E-state index in [4.69, 9.17) is 10.5 Å². The lowest BCUT2D eigenvalue weighted by Crippen LogP contribution is -2.55. The van der Waals surface area contributed by atoms with Crippen molar-refractivity contribution in [1.29, 1.82) is 0 Å². The van der Waals surface area contributed by atoms with Crippen LogP contribution in [0.25, 0.3) is 0 Å². The van der Waals surface area contributed by atoms with Gasteiger partial charge in [0.05, 0.1) is 19.3 Å². The Morgan fingerprint density at radius 1 is 1.47 bits per heavy atom. The van der Waals surface area contributed by atoms with E-state index < -0.39 is 0 Å². The number of hydrogen-bond donors (Lipinski definition) is 2. The molecule has 0 radical (unpaired) electrons. The number of likely N-dealkylation sites (tertiary alicyclic amines) is 1. The van der Waals surface area contributed by atoms with Crippen molar-refractivity contribution in [1.82, 2.24) is 9.80 Å². The average Bonchev–Trinajstić information content (AvgIpc) is 2.31. The monoisotopic (exact) mass is 245 g/mol. The fourth-order valence-corrected chi connectivity index (χ4v) is 2.54. The van der Waals surface area contributed by atoms with E-state index in [-0.39, 0.29) is 18.7 Å². The van der Waals surface area contributed by atoms with Gasteiger partial charge in [0.1, 0.15) is 0 Å². The van der Waals surface area contributed by atoms with Gasteiger partial charge in [-0.3, -0.25) is 4.90 Å². The first kappa shape index (κ1) is 14.9. The second-order valence-corrected chi connectivity index (χ2v) is 5.07. The fourth-order valence-electron chi connectivity index (χ4n) is 2.54. The summed E-state index contributed by atoms with van der Waals surface area (Å²) in [7, 11) is 5.85. The minimum atomic E-state index is -0.130. The van der Waals surface area contributed by atoms with Gasteiger partial charge in [-0.2, -0.15) is 0 Å². The molecule has 0 bridgehead atoms. The highest BCUT2D eigenvalue weighted by atomic mass is 16.5. The second-order valence-electron chi connectivity index (χ2n) is 5.07. The highest BCUT2D eigenvalue weighted by Gasteiger charge is 2.29. The van der Waals surface area contributed by atoms with Crippen LogP contribution in [-0.4, -0.2) is 80.5 Å². The van der Waals surface area contributed by atoms with E-state index in [0.29, 0.717) is 12.6 Å². The van der Waals surface area contributed by atoms with Crippen LogP contribution in [0.2, 0.25) is 0 Å². The van der Waals surface area contributed by atoms with Gasteiger partial charge in [0, 0.05) is 19.2 Å². The van der Waals surface area contributed by atoms with Gasteiger partial charge in [-0.25, -0.2) is 0 Å². The molecule has 2 unspecified atom stereocenters. The molecular formula is C12H27N3O2. The molecule has 0 aromatic heterocycles. The van der Waals surface area contributed by atoms with E-state index in [0.717, 1.165) is 25.9 Å². The lowest BCUT2D eigenvalue weighted by Gasteiger charge is -2.40. The van der Waals surface area contributed by atoms with Crippen molar-refractivity contribution in [3.8, 4) is 0 Å². The van der Waals surface area contributed by atoms with Gasteiger partial charge >= 0.3 is 0 Å². The molecule has 3 N–H and O–H groups in total. The quantitative estimate of drug-likeness (QED) is 0.651. The summed E-state index contributed by atoms with van der Waals surface area (Å²) in [5, 5.41) is 9.49. The van der Waals surface area contributed by atoms with Crippen molar-refractivity contribution in [2.24, 2.45) is 5.73 Å². The Kier molecular flexibility index (Phi) is 6.37. The zero-order valence-electron chi connectivity index (χ0n) is 11.3. The van der Waals surface area contributed by atoms with E-state index in [9.17, 15) is 5.11 Å². The molecule has 17 heavy (non-hydrogen) atoms. The topological polar surface area (TPSA) is 62.0 Å². The van der Waals surface area contributed by atoms with Crippen molar-refractivity contribution in [3.05, 3.63) is 0 Å². The Morgan fingerprint density at radius 2 is 2.06 bits per heavy atom. The Hall–Kier alpha value is -0.200. The summed E-state index contributed by atoms with van der Waals surface area (Å²) in [6.07, 6.45) is 2.28. The first-order valence-corrected chi connectivity index (χ1v) is 6.36. The summed E-state index contributed by atoms with van der Waals surface area (Å²) in [5.41, 5.74) is 6.04. The molecular weight excluding hydrogens is 218 g/mol. The molecule has 5 heteroatoms. The molecule has 0 aliphatic carbocycles. The van der Waals surface area contributed by atoms with Crippen LogP contribution in [0, 0.1) is 0 Å². The van der Waals surface area contributed by atoms with Crippen LogP contribution in [0.15, 0.2) is 0 Å². The number of aliphatic hydroxyl groups excluding tert-OH is 1. The van der Waals surface area contributed by atoms with Crippen LogP contribution in [0.1, 0.15) is 12.8 Å². The molecule has 1 saturated heterocycles. The normalized spacial score (nSPS) is 22.9. The van der Waals surface area contributed by atoms with Crippen molar-refractivity contribution < 1.29 is 9.84 Å². The maximum absolute atomic E-state index is 9.49. The molecule has 0 amide bonds. The van der Waals surface area contributed by atoms with E-state index in [1.165, 1.54) is 0 Å². The molecule has 1 aliphatic heterocycles. The Balaban J connectivity index is 2.50. The zero-order chi connectivity index (χ0) is 12.8. The molecule has 1 fully saturated rings. The zero-order valence-corrected chi connectivity index (χ0v) is 11.3. The maximum Gasteiger partial charge on any atom is 0.0629 e. The molecule has 1 rings (SSSR count). The third-order valence-electron chi connectivity index (χ3n) is 3.83. The number of aliphatic hydroxyl groups is 1. The van der Waals surface area contributed by atoms with E-state index in [1.807, 2.05) is 0 Å². The van der Waals surface area contributed by atoms with Crippen molar-refractivity contribution in [2.45, 2.75) is 31.0 Å². The minimum absolute atomic E-state index is 0.0108. The van der Waals surface area contributed by atoms with Crippen molar-refractivity contribution in [3.63, 3.8) is 0 Å². The first-order valence-electron chi connectivity index (χ1n) is 6.36. The lowest BCUT2D eigenvalue weighted by molar-refractivity contribution is 0.0410. The Morgan fingerprint density at radius 3 is 2.53 bits per heavy atom. The Bertz CT molecular complexity index is 208. The van der Waals surface area contributed by atoms with Gasteiger partial charge in [-0.1, -0.05) is 0 Å². The van der Waals surface area contributed by atoms with E-state index in [2.05, 4.69) is 23.9 Å². The summed E-state index contributed by atoms with van der Waals surface area (Å²) in [5.74, 6) is 0. The number of methoxy groups -OCH3 is 1. The van der Waals surface area contributed by atoms with Crippen molar-refractivity contribution in [2.75, 3.05) is 47.5 Å². The smallest absolute Gasteiger partial charge is 0.0629 e. The standard InChI is InChI=1S/C12H27N3O2/c1-14-6-4-10(5-7-14)15(2)12(8-16)11(13)9-17-3/h10-12,16H,4-9,13H2,1-3H3. The molecule has 0 aromatic rings. The summed E-state index contributed by atoms with van der Waals surface area (Å²) in [6.45, 7) is 2.81. The van der Waals surface area contributed by atoms with Crippen molar-refractivity contribution >= 4 is 0 Å². The molecule has 0 spiro atoms. The maximum atomic E-state index is 9.49. The highest BCUT2D eigenvalue weighted by Crippen LogP contribution is 2.17. The highest BCUT2D eigenvalue weighted by molar-refractivity contribution is 4.86. The number of ether oxygens (including phenoxy) is 1. The van der Waals surface area contributed by atoms with Gasteiger partial charge in [0.2, 0.25) is 0 Å².